The van der Waals surface area contributed by atoms with Crippen LogP contribution in [-0.4, -0.2) is 36.8 Å². The Morgan fingerprint density at radius 1 is 0.808 bits per heavy atom. The molecule has 0 saturated heterocycles. The van der Waals surface area contributed by atoms with Crippen molar-refractivity contribution in [3.05, 3.63) is 71.8 Å². The molecule has 7 heteroatoms. The van der Waals surface area contributed by atoms with Crippen molar-refractivity contribution in [3.8, 4) is 0 Å². The van der Waals surface area contributed by atoms with E-state index >= 15 is 0 Å². The van der Waals surface area contributed by atoms with E-state index in [1.54, 1.807) is 42.5 Å². The number of rotatable bonds is 7. The Hall–Kier alpha value is -3.48. The van der Waals surface area contributed by atoms with Crippen molar-refractivity contribution in [1.82, 2.24) is 10.6 Å². The Labute approximate surface area is 150 Å². The highest BCUT2D eigenvalue weighted by molar-refractivity contribution is 6.05. The van der Waals surface area contributed by atoms with Gasteiger partial charge in [-0.25, -0.2) is 0 Å². The van der Waals surface area contributed by atoms with Crippen molar-refractivity contribution in [2.75, 3.05) is 13.2 Å². The first-order valence-corrected chi connectivity index (χ1v) is 7.90. The second kappa shape index (κ2) is 9.73. The number of carbonyl (C=O) groups is 4. The van der Waals surface area contributed by atoms with Crippen LogP contribution in [0.25, 0.3) is 0 Å². The van der Waals surface area contributed by atoms with E-state index in [1.165, 1.54) is 0 Å². The molecule has 134 valence electrons. The molecule has 0 atom stereocenters. The first kappa shape index (κ1) is 18.9. The van der Waals surface area contributed by atoms with E-state index in [0.717, 1.165) is 5.56 Å². The van der Waals surface area contributed by atoms with Crippen molar-refractivity contribution in [2.24, 2.45) is 0 Å². The van der Waals surface area contributed by atoms with Crippen LogP contribution in [0, 0.1) is 0 Å². The predicted octanol–water partition coefficient (Wildman–Crippen LogP) is 0.845. The van der Waals surface area contributed by atoms with Gasteiger partial charge in [-0.1, -0.05) is 48.5 Å². The minimum Gasteiger partial charge on any atom is -0.454 e. The highest BCUT2D eigenvalue weighted by Gasteiger charge is 2.13. The maximum absolute atomic E-state index is 11.8. The number of ether oxygens (including phenoxy) is 1. The zero-order valence-corrected chi connectivity index (χ0v) is 13.9. The molecular weight excluding hydrogens is 336 g/mol. The van der Waals surface area contributed by atoms with E-state index in [0.29, 0.717) is 5.56 Å². The number of esters is 1. The second-order valence-electron chi connectivity index (χ2n) is 5.34. The van der Waals surface area contributed by atoms with Crippen LogP contribution in [0.3, 0.4) is 0 Å². The summed E-state index contributed by atoms with van der Waals surface area (Å²) in [4.78, 5) is 46.6. The Morgan fingerprint density at radius 3 is 2.08 bits per heavy atom. The van der Waals surface area contributed by atoms with Crippen LogP contribution in [0.1, 0.15) is 15.9 Å². The fourth-order valence-corrected chi connectivity index (χ4v) is 2.04. The standard InChI is InChI=1S/C19H18N2O5/c22-16(11-14-7-3-1-4-8-14)20-12-18(24)26-13-17(23)21-19(25)15-9-5-2-6-10-15/h1-10H,11-13H2,(H,20,22)(H,21,23,25). The quantitative estimate of drug-likeness (QED) is 0.718. The van der Waals surface area contributed by atoms with Gasteiger partial charge >= 0.3 is 5.97 Å². The van der Waals surface area contributed by atoms with Gasteiger partial charge in [0.2, 0.25) is 5.91 Å². The Balaban J connectivity index is 1.65. The SMILES string of the molecule is O=C(Cc1ccccc1)NCC(=O)OCC(=O)NC(=O)c1ccccc1. The molecule has 0 saturated carbocycles. The summed E-state index contributed by atoms with van der Waals surface area (Å²) in [6, 6.07) is 17.2. The molecule has 26 heavy (non-hydrogen) atoms. The monoisotopic (exact) mass is 354 g/mol. The van der Waals surface area contributed by atoms with Gasteiger partial charge in [-0.15, -0.1) is 0 Å². The van der Waals surface area contributed by atoms with E-state index in [2.05, 4.69) is 10.6 Å². The van der Waals surface area contributed by atoms with Gasteiger partial charge in [-0.2, -0.15) is 0 Å². The van der Waals surface area contributed by atoms with Gasteiger partial charge in [-0.3, -0.25) is 24.5 Å². The molecule has 0 radical (unpaired) electrons. The number of amides is 3. The van der Waals surface area contributed by atoms with Gasteiger partial charge in [0.05, 0.1) is 6.42 Å². The fourth-order valence-electron chi connectivity index (χ4n) is 2.04. The van der Waals surface area contributed by atoms with Gasteiger partial charge in [0.1, 0.15) is 6.54 Å². The van der Waals surface area contributed by atoms with Gasteiger partial charge in [-0.05, 0) is 17.7 Å². The summed E-state index contributed by atoms with van der Waals surface area (Å²) in [6.07, 6.45) is 0.139. The van der Waals surface area contributed by atoms with Gasteiger partial charge in [0.25, 0.3) is 11.8 Å². The second-order valence-corrected chi connectivity index (χ2v) is 5.34. The van der Waals surface area contributed by atoms with Gasteiger partial charge in [0, 0.05) is 5.56 Å². The van der Waals surface area contributed by atoms with E-state index in [1.807, 2.05) is 18.2 Å². The molecule has 2 aromatic carbocycles. The number of hydrogen-bond donors (Lipinski definition) is 2. The molecule has 0 fully saturated rings. The van der Waals surface area contributed by atoms with Crippen LogP contribution in [0.2, 0.25) is 0 Å². The molecule has 2 N–H and O–H groups in total. The zero-order valence-electron chi connectivity index (χ0n) is 13.9. The van der Waals surface area contributed by atoms with Crippen molar-refractivity contribution >= 4 is 23.7 Å². The zero-order chi connectivity index (χ0) is 18.8. The highest BCUT2D eigenvalue weighted by atomic mass is 16.5. The summed E-state index contributed by atoms with van der Waals surface area (Å²) >= 11 is 0. The summed E-state index contributed by atoms with van der Waals surface area (Å²) in [7, 11) is 0. The molecule has 0 bridgehead atoms. The molecule has 0 aliphatic heterocycles. The van der Waals surface area contributed by atoms with Crippen molar-refractivity contribution in [3.63, 3.8) is 0 Å². The average molecular weight is 354 g/mol. The maximum atomic E-state index is 11.8. The number of imide groups is 1. The molecule has 0 spiro atoms. The van der Waals surface area contributed by atoms with Crippen molar-refractivity contribution in [1.29, 1.82) is 0 Å². The van der Waals surface area contributed by atoms with Crippen molar-refractivity contribution in [2.45, 2.75) is 6.42 Å². The fraction of sp³-hybridized carbons (Fsp3) is 0.158. The molecule has 3 amide bonds. The molecule has 0 aromatic heterocycles. The van der Waals surface area contributed by atoms with Crippen LogP contribution in [0.4, 0.5) is 0 Å². The Kier molecular flexibility index (Phi) is 7.05. The number of nitrogens with one attached hydrogen (secondary N) is 2. The molecule has 2 aromatic rings. The molecule has 0 aliphatic rings. The third kappa shape index (κ3) is 6.56. The topological polar surface area (TPSA) is 102 Å². The number of carbonyl (C=O) groups excluding carboxylic acids is 4. The minimum atomic E-state index is -0.770. The first-order chi connectivity index (χ1) is 12.5. The first-order valence-electron chi connectivity index (χ1n) is 7.90. The lowest BCUT2D eigenvalue weighted by Gasteiger charge is -2.07. The lowest BCUT2D eigenvalue weighted by Crippen LogP contribution is -2.36. The summed E-state index contributed by atoms with van der Waals surface area (Å²) in [6.45, 7) is -0.961. The van der Waals surface area contributed by atoms with Crippen LogP contribution < -0.4 is 10.6 Å². The summed E-state index contributed by atoms with van der Waals surface area (Å²) in [5.41, 5.74) is 1.14. The van der Waals surface area contributed by atoms with Crippen LogP contribution in [0.15, 0.2) is 60.7 Å². The average Bonchev–Trinajstić information content (AvgIpc) is 2.66. The van der Waals surface area contributed by atoms with E-state index in [4.69, 9.17) is 4.74 Å². The van der Waals surface area contributed by atoms with Gasteiger partial charge in [0.15, 0.2) is 6.61 Å². The highest BCUT2D eigenvalue weighted by Crippen LogP contribution is 1.99. The minimum absolute atomic E-state index is 0.139. The largest absolute Gasteiger partial charge is 0.454 e. The third-order valence-corrected chi connectivity index (χ3v) is 3.29. The number of benzene rings is 2. The van der Waals surface area contributed by atoms with E-state index in [-0.39, 0.29) is 18.9 Å². The maximum Gasteiger partial charge on any atom is 0.325 e. The summed E-state index contributed by atoms with van der Waals surface area (Å²) in [5.74, 6) is -2.43. The number of hydrogen-bond acceptors (Lipinski definition) is 5. The van der Waals surface area contributed by atoms with Gasteiger partial charge < -0.3 is 10.1 Å². The van der Waals surface area contributed by atoms with E-state index in [9.17, 15) is 19.2 Å². The third-order valence-electron chi connectivity index (χ3n) is 3.29. The normalized spacial score (nSPS) is 9.85. The van der Waals surface area contributed by atoms with Crippen molar-refractivity contribution < 1.29 is 23.9 Å². The van der Waals surface area contributed by atoms with E-state index < -0.39 is 24.4 Å². The van der Waals surface area contributed by atoms with Crippen LogP contribution in [0.5, 0.6) is 0 Å². The molecule has 0 aliphatic carbocycles. The summed E-state index contributed by atoms with van der Waals surface area (Å²) in [5, 5.41) is 4.52. The molecular formula is C19H18N2O5. The molecule has 7 nitrogen and oxygen atoms in total. The Bertz CT molecular complexity index is 775. The Morgan fingerprint density at radius 2 is 1.42 bits per heavy atom. The van der Waals surface area contributed by atoms with Crippen LogP contribution >= 0.6 is 0 Å². The molecule has 0 heterocycles. The van der Waals surface area contributed by atoms with Crippen LogP contribution in [-0.2, 0) is 25.5 Å². The molecule has 2 rings (SSSR count). The smallest absolute Gasteiger partial charge is 0.325 e. The lowest BCUT2D eigenvalue weighted by atomic mass is 10.1. The lowest BCUT2D eigenvalue weighted by molar-refractivity contribution is -0.148. The summed E-state index contributed by atoms with van der Waals surface area (Å²) < 4.78 is 4.72. The molecule has 0 unspecified atom stereocenters. The predicted molar refractivity (Wildman–Crippen MR) is 93.0 cm³/mol.